The molecule has 1 amide bonds. The van der Waals surface area contributed by atoms with Crippen molar-refractivity contribution in [3.8, 4) is 0 Å². The molecule has 2 heterocycles. The summed E-state index contributed by atoms with van der Waals surface area (Å²) < 4.78 is 0. The van der Waals surface area contributed by atoms with Gasteiger partial charge in [0.15, 0.2) is 5.69 Å². The van der Waals surface area contributed by atoms with Crippen molar-refractivity contribution in [1.29, 1.82) is 0 Å². The summed E-state index contributed by atoms with van der Waals surface area (Å²) in [6.07, 6.45) is 1.46. The minimum atomic E-state index is -0.0625. The monoisotopic (exact) mass is 319 g/mol. The molecule has 1 aliphatic rings. The minimum Gasteiger partial charge on any atom is -0.335 e. The van der Waals surface area contributed by atoms with E-state index in [0.717, 1.165) is 18.1 Å². The van der Waals surface area contributed by atoms with Gasteiger partial charge in [-0.1, -0.05) is 23.7 Å². The molecule has 7 heteroatoms. The fourth-order valence-corrected chi connectivity index (χ4v) is 2.86. The largest absolute Gasteiger partial charge is 0.335 e. The number of halogens is 1. The molecule has 1 atom stereocenters. The Labute approximate surface area is 134 Å². The first-order valence-corrected chi connectivity index (χ1v) is 7.67. The summed E-state index contributed by atoms with van der Waals surface area (Å²) in [6, 6.07) is 8.25. The highest BCUT2D eigenvalue weighted by Gasteiger charge is 2.26. The third-order valence-corrected chi connectivity index (χ3v) is 4.39. The molecule has 1 saturated heterocycles. The van der Waals surface area contributed by atoms with E-state index in [-0.39, 0.29) is 5.91 Å². The Morgan fingerprint density at radius 3 is 2.50 bits per heavy atom. The molecule has 1 fully saturated rings. The maximum Gasteiger partial charge on any atom is 0.276 e. The number of H-pyrrole nitrogens is 1. The first-order chi connectivity index (χ1) is 10.6. The van der Waals surface area contributed by atoms with E-state index in [1.165, 1.54) is 11.8 Å². The SMILES string of the molecule is C[C@@H](c1ccc(Cl)cc1)N1CCN(C(=O)c2cn[nH]n2)CC1. The second-order valence-corrected chi connectivity index (χ2v) is 5.85. The van der Waals surface area contributed by atoms with E-state index in [0.29, 0.717) is 24.8 Å². The van der Waals surface area contributed by atoms with Crippen LogP contribution in [0.4, 0.5) is 0 Å². The highest BCUT2D eigenvalue weighted by molar-refractivity contribution is 6.30. The Morgan fingerprint density at radius 2 is 1.91 bits per heavy atom. The summed E-state index contributed by atoms with van der Waals surface area (Å²) in [5.41, 5.74) is 1.61. The van der Waals surface area contributed by atoms with Gasteiger partial charge in [-0.3, -0.25) is 9.69 Å². The van der Waals surface area contributed by atoms with Gasteiger partial charge in [0.25, 0.3) is 5.91 Å². The van der Waals surface area contributed by atoms with Crippen LogP contribution >= 0.6 is 11.6 Å². The summed E-state index contributed by atoms with van der Waals surface area (Å²) in [6.45, 7) is 5.26. The summed E-state index contributed by atoms with van der Waals surface area (Å²) in [4.78, 5) is 16.4. The smallest absolute Gasteiger partial charge is 0.276 e. The number of piperazine rings is 1. The molecule has 0 spiro atoms. The second kappa shape index (κ2) is 6.46. The van der Waals surface area contributed by atoms with E-state index in [1.54, 1.807) is 0 Å². The molecule has 0 bridgehead atoms. The fourth-order valence-electron chi connectivity index (χ4n) is 2.73. The average Bonchev–Trinajstić information content (AvgIpc) is 3.09. The van der Waals surface area contributed by atoms with Gasteiger partial charge in [-0.2, -0.15) is 15.4 Å². The molecule has 1 aliphatic heterocycles. The van der Waals surface area contributed by atoms with Gasteiger partial charge >= 0.3 is 0 Å². The Morgan fingerprint density at radius 1 is 1.23 bits per heavy atom. The van der Waals surface area contributed by atoms with Gasteiger partial charge < -0.3 is 4.90 Å². The Kier molecular flexibility index (Phi) is 4.40. The zero-order valence-electron chi connectivity index (χ0n) is 12.4. The van der Waals surface area contributed by atoms with Crippen molar-refractivity contribution in [2.45, 2.75) is 13.0 Å². The quantitative estimate of drug-likeness (QED) is 0.939. The van der Waals surface area contributed by atoms with E-state index >= 15 is 0 Å². The molecule has 116 valence electrons. The summed E-state index contributed by atoms with van der Waals surface area (Å²) in [5.74, 6) is -0.0625. The molecule has 1 aromatic heterocycles. The average molecular weight is 320 g/mol. The van der Waals surface area contributed by atoms with Crippen LogP contribution in [-0.4, -0.2) is 57.3 Å². The van der Waals surface area contributed by atoms with Crippen LogP contribution in [0.3, 0.4) is 0 Å². The summed E-state index contributed by atoms with van der Waals surface area (Å²) in [5, 5.41) is 10.8. The number of aromatic amines is 1. The second-order valence-electron chi connectivity index (χ2n) is 5.41. The van der Waals surface area contributed by atoms with Crippen LogP contribution in [0.1, 0.15) is 29.0 Å². The van der Waals surface area contributed by atoms with Crippen LogP contribution in [0.2, 0.25) is 5.02 Å². The molecule has 1 aromatic carbocycles. The number of aromatic nitrogens is 3. The number of hydrogen-bond donors (Lipinski definition) is 1. The van der Waals surface area contributed by atoms with Crippen LogP contribution in [0.15, 0.2) is 30.5 Å². The Hall–Kier alpha value is -1.92. The highest BCUT2D eigenvalue weighted by Crippen LogP contribution is 2.23. The molecular formula is C15H18ClN5O. The van der Waals surface area contributed by atoms with Gasteiger partial charge in [0.2, 0.25) is 0 Å². The summed E-state index contributed by atoms with van der Waals surface area (Å²) >= 11 is 5.93. The molecule has 0 unspecified atom stereocenters. The number of carbonyl (C=O) groups excluding carboxylic acids is 1. The number of nitrogens with one attached hydrogen (secondary N) is 1. The Balaban J connectivity index is 1.59. The number of benzene rings is 1. The molecule has 1 N–H and O–H groups in total. The number of hydrogen-bond acceptors (Lipinski definition) is 4. The molecular weight excluding hydrogens is 302 g/mol. The topological polar surface area (TPSA) is 65.1 Å². The molecule has 3 rings (SSSR count). The molecule has 6 nitrogen and oxygen atoms in total. The first-order valence-electron chi connectivity index (χ1n) is 7.29. The number of nitrogens with zero attached hydrogens (tertiary/aromatic N) is 4. The number of carbonyl (C=O) groups is 1. The highest BCUT2D eigenvalue weighted by atomic mass is 35.5. The molecule has 2 aromatic rings. The van der Waals surface area contributed by atoms with E-state index in [1.807, 2.05) is 17.0 Å². The van der Waals surface area contributed by atoms with Crippen LogP contribution in [0.25, 0.3) is 0 Å². The lowest BCUT2D eigenvalue weighted by atomic mass is 10.1. The van der Waals surface area contributed by atoms with Crippen LogP contribution < -0.4 is 0 Å². The van der Waals surface area contributed by atoms with E-state index in [9.17, 15) is 4.79 Å². The third kappa shape index (κ3) is 3.13. The fraction of sp³-hybridized carbons (Fsp3) is 0.400. The first kappa shape index (κ1) is 15.0. The molecule has 0 radical (unpaired) electrons. The maximum atomic E-state index is 12.2. The lowest BCUT2D eigenvalue weighted by molar-refractivity contribution is 0.0576. The van der Waals surface area contributed by atoms with E-state index < -0.39 is 0 Å². The minimum absolute atomic E-state index is 0.0625. The van der Waals surface area contributed by atoms with Crippen LogP contribution in [0.5, 0.6) is 0 Å². The molecule has 22 heavy (non-hydrogen) atoms. The van der Waals surface area contributed by atoms with Crippen molar-refractivity contribution >= 4 is 17.5 Å². The van der Waals surface area contributed by atoms with Gasteiger partial charge in [-0.25, -0.2) is 0 Å². The third-order valence-electron chi connectivity index (χ3n) is 4.14. The van der Waals surface area contributed by atoms with Crippen LogP contribution in [-0.2, 0) is 0 Å². The van der Waals surface area contributed by atoms with E-state index in [4.69, 9.17) is 11.6 Å². The van der Waals surface area contributed by atoms with Gasteiger partial charge in [0.05, 0.1) is 6.20 Å². The van der Waals surface area contributed by atoms with Crippen LogP contribution in [0, 0.1) is 0 Å². The lowest BCUT2D eigenvalue weighted by Crippen LogP contribution is -2.49. The molecule has 0 saturated carbocycles. The van der Waals surface area contributed by atoms with E-state index in [2.05, 4.69) is 39.4 Å². The predicted molar refractivity (Wildman–Crippen MR) is 83.7 cm³/mol. The van der Waals surface area contributed by atoms with Crippen molar-refractivity contribution < 1.29 is 4.79 Å². The van der Waals surface area contributed by atoms with Crippen molar-refractivity contribution in [3.63, 3.8) is 0 Å². The Bertz CT molecular complexity index is 620. The van der Waals surface area contributed by atoms with Gasteiger partial charge in [0, 0.05) is 37.2 Å². The number of rotatable bonds is 3. The zero-order chi connectivity index (χ0) is 15.5. The van der Waals surface area contributed by atoms with Gasteiger partial charge in [-0.15, -0.1) is 0 Å². The zero-order valence-corrected chi connectivity index (χ0v) is 13.1. The molecule has 0 aliphatic carbocycles. The van der Waals surface area contributed by atoms with Crippen molar-refractivity contribution in [3.05, 3.63) is 46.7 Å². The summed E-state index contributed by atoms with van der Waals surface area (Å²) in [7, 11) is 0. The number of amides is 1. The normalized spacial score (nSPS) is 17.5. The van der Waals surface area contributed by atoms with Gasteiger partial charge in [-0.05, 0) is 24.6 Å². The van der Waals surface area contributed by atoms with Crippen molar-refractivity contribution in [1.82, 2.24) is 25.2 Å². The lowest BCUT2D eigenvalue weighted by Gasteiger charge is -2.38. The van der Waals surface area contributed by atoms with Gasteiger partial charge in [0.1, 0.15) is 0 Å². The predicted octanol–water partition coefficient (Wildman–Crippen LogP) is 1.98. The van der Waals surface area contributed by atoms with Crippen molar-refractivity contribution in [2.24, 2.45) is 0 Å². The van der Waals surface area contributed by atoms with Crippen molar-refractivity contribution in [2.75, 3.05) is 26.2 Å². The maximum absolute atomic E-state index is 12.2. The standard InChI is InChI=1S/C15H18ClN5O/c1-11(12-2-4-13(16)5-3-12)20-6-8-21(9-7-20)15(22)14-10-17-19-18-14/h2-5,10-11H,6-9H2,1H3,(H,17,18,19)/t11-/m0/s1.